The molecule has 4 rings (SSSR count). The maximum atomic E-state index is 12.5. The summed E-state index contributed by atoms with van der Waals surface area (Å²) in [7, 11) is -7.14. The van der Waals surface area contributed by atoms with Crippen molar-refractivity contribution >= 4 is 19.7 Å². The van der Waals surface area contributed by atoms with Crippen LogP contribution in [0.5, 0.6) is 11.5 Å². The third-order valence-electron chi connectivity index (χ3n) is 5.46. The molecule has 2 aliphatic carbocycles. The summed E-state index contributed by atoms with van der Waals surface area (Å²) >= 11 is -4.54. The van der Waals surface area contributed by atoms with Gasteiger partial charge in [-0.2, -0.15) is 0 Å². The molecule has 0 N–H and O–H groups in total. The molecule has 0 atom stereocenters. The number of para-hydroxylation sites is 2. The van der Waals surface area contributed by atoms with Gasteiger partial charge in [0.05, 0.1) is 0 Å². The third kappa shape index (κ3) is 5.00. The molecule has 33 heavy (non-hydrogen) atoms. The molecule has 0 radical (unpaired) electrons. The van der Waals surface area contributed by atoms with Gasteiger partial charge in [-0.15, -0.1) is 0 Å². The van der Waals surface area contributed by atoms with Crippen molar-refractivity contribution in [2.75, 3.05) is 12.5 Å². The van der Waals surface area contributed by atoms with Gasteiger partial charge in [-0.05, 0) is 0 Å². The molecule has 0 fully saturated rings. The van der Waals surface area contributed by atoms with Gasteiger partial charge < -0.3 is 0 Å². The summed E-state index contributed by atoms with van der Waals surface area (Å²) in [5, 5.41) is 0. The Balaban J connectivity index is 1.93. The van der Waals surface area contributed by atoms with E-state index < -0.39 is 40.8 Å². The molecule has 9 heteroatoms. The molecule has 2 aromatic carbocycles. The predicted molar refractivity (Wildman–Crippen MR) is 124 cm³/mol. The minimum atomic E-state index is -4.54. The zero-order valence-corrected chi connectivity index (χ0v) is 22.2. The monoisotopic (exact) mass is 562 g/mol. The topological polar surface area (TPSA) is 86.7 Å². The first-order chi connectivity index (χ1) is 15.6. The Labute approximate surface area is 200 Å². The van der Waals surface area contributed by atoms with Crippen LogP contribution in [0.4, 0.5) is 0 Å². The van der Waals surface area contributed by atoms with Crippen molar-refractivity contribution in [3.8, 4) is 11.5 Å². The second-order valence-electron chi connectivity index (χ2n) is 7.95. The fraction of sp³-hybridized carbons (Fsp3) is 0.167. The van der Waals surface area contributed by atoms with Crippen molar-refractivity contribution in [1.29, 1.82) is 0 Å². The quantitative estimate of drug-likeness (QED) is 0.460. The first-order valence-corrected chi connectivity index (χ1v) is 18.9. The zero-order chi connectivity index (χ0) is 23.7. The van der Waals surface area contributed by atoms with Gasteiger partial charge in [-0.3, -0.25) is 0 Å². The molecule has 0 heterocycles. The van der Waals surface area contributed by atoms with Gasteiger partial charge in [0, 0.05) is 0 Å². The van der Waals surface area contributed by atoms with Gasteiger partial charge in [0.2, 0.25) is 0 Å². The normalized spacial score (nSPS) is 16.5. The van der Waals surface area contributed by atoms with E-state index in [1.165, 1.54) is 12.1 Å². The number of benzene rings is 2. The molecule has 0 saturated heterocycles. The Morgan fingerprint density at radius 3 is 1.27 bits per heavy atom. The number of hydrogen-bond acceptors (Lipinski definition) is 6. The van der Waals surface area contributed by atoms with Crippen LogP contribution in [0.15, 0.2) is 107 Å². The van der Waals surface area contributed by atoms with Crippen molar-refractivity contribution < 1.29 is 43.6 Å². The average Bonchev–Trinajstić information content (AvgIpc) is 3.47. The van der Waals surface area contributed by atoms with Crippen LogP contribution >= 0.6 is 0 Å². The molecule has 0 spiro atoms. The number of hydrogen-bond donors (Lipinski definition) is 0. The van der Waals surface area contributed by atoms with E-state index in [9.17, 15) is 16.8 Å². The molecule has 0 aromatic heterocycles. The van der Waals surface area contributed by atoms with Crippen LogP contribution in [0.2, 0.25) is 7.25 Å². The summed E-state index contributed by atoms with van der Waals surface area (Å²) in [6.45, 7) is 0. The Hall–Kier alpha value is -2.22. The fourth-order valence-corrected chi connectivity index (χ4v) is 14.7. The second-order valence-corrected chi connectivity index (χ2v) is 19.8. The number of allylic oxidation sites excluding steroid dienone is 8. The third-order valence-corrected chi connectivity index (χ3v) is 16.8. The van der Waals surface area contributed by atoms with Gasteiger partial charge >= 0.3 is 201 Å². The van der Waals surface area contributed by atoms with E-state index in [0.29, 0.717) is 0 Å². The number of sulfone groups is 2. The molecule has 0 saturated carbocycles. The molecule has 172 valence electrons. The maximum absolute atomic E-state index is 12.5. The molecule has 2 aliphatic rings. The minimum absolute atomic E-state index is 0.0722. The van der Waals surface area contributed by atoms with Gasteiger partial charge in [-0.1, -0.05) is 0 Å². The van der Waals surface area contributed by atoms with Gasteiger partial charge in [-0.25, -0.2) is 0 Å². The first-order valence-electron chi connectivity index (χ1n) is 10.3. The van der Waals surface area contributed by atoms with Gasteiger partial charge in [0.1, 0.15) is 0 Å². The average molecular weight is 564 g/mol. The van der Waals surface area contributed by atoms with Crippen molar-refractivity contribution in [3.63, 3.8) is 0 Å². The summed E-state index contributed by atoms with van der Waals surface area (Å²) in [6, 6.07) is 13.0. The standard InChI is InChI=1S/2C7H8O3S.2C5H5.Zr/c2*1-11(9,10)7-5-3-2-4-6(7)8;2*1-2-4-5-3-1;/h2*2-5,8H,1H3;2*1-5H;/q;;;;+2/p-2. The number of rotatable bonds is 8. The van der Waals surface area contributed by atoms with Gasteiger partial charge in [0.25, 0.3) is 0 Å². The van der Waals surface area contributed by atoms with Crippen molar-refractivity contribution in [2.24, 2.45) is 0 Å². The summed E-state index contributed by atoms with van der Waals surface area (Å²) in [5.74, 6) is 0.435. The molecular weight excluding hydrogens is 540 g/mol. The first kappa shape index (κ1) is 23.9. The van der Waals surface area contributed by atoms with Crippen LogP contribution in [0.25, 0.3) is 0 Å². The molecule has 0 bridgehead atoms. The molecule has 6 nitrogen and oxygen atoms in total. The van der Waals surface area contributed by atoms with E-state index >= 15 is 0 Å². The van der Waals surface area contributed by atoms with Crippen LogP contribution in [-0.4, -0.2) is 29.3 Å². The van der Waals surface area contributed by atoms with E-state index in [2.05, 4.69) is 0 Å². The Morgan fingerprint density at radius 1 is 0.606 bits per heavy atom. The van der Waals surface area contributed by atoms with Crippen molar-refractivity contribution in [3.05, 3.63) is 97.1 Å². The predicted octanol–water partition coefficient (Wildman–Crippen LogP) is 4.76. The van der Waals surface area contributed by atoms with Crippen molar-refractivity contribution in [1.82, 2.24) is 0 Å². The van der Waals surface area contributed by atoms with E-state index in [4.69, 9.17) is 5.63 Å². The van der Waals surface area contributed by atoms with E-state index in [0.717, 1.165) is 12.5 Å². The molecule has 2 aromatic rings. The Bertz CT molecular complexity index is 1260. The van der Waals surface area contributed by atoms with Crippen LogP contribution in [0.1, 0.15) is 0 Å². The van der Waals surface area contributed by atoms with E-state index in [1.54, 1.807) is 36.4 Å². The van der Waals surface area contributed by atoms with E-state index in [-0.39, 0.29) is 28.5 Å². The van der Waals surface area contributed by atoms with Gasteiger partial charge in [0.15, 0.2) is 0 Å². The molecule has 0 amide bonds. The SMILES string of the molecule is CS(=O)(=O)c1ccccc1[O][Zr]([O]c1ccccc1S(C)(=O)=O)([CH]1C=CC=C1)[CH]1C=CC=C1. The van der Waals surface area contributed by atoms with Crippen LogP contribution in [0.3, 0.4) is 0 Å². The summed E-state index contributed by atoms with van der Waals surface area (Å²) < 4.78 is 62.9. The summed E-state index contributed by atoms with van der Waals surface area (Å²) in [6.07, 6.45) is 17.8. The van der Waals surface area contributed by atoms with Crippen LogP contribution in [0, 0.1) is 0 Å². The fourth-order valence-electron chi connectivity index (χ4n) is 3.94. The molecule has 0 aliphatic heterocycles. The zero-order valence-electron chi connectivity index (χ0n) is 18.2. The summed E-state index contributed by atoms with van der Waals surface area (Å²) in [5.41, 5.74) is 0. The van der Waals surface area contributed by atoms with Crippen molar-refractivity contribution in [2.45, 2.75) is 17.0 Å². The summed E-state index contributed by atoms with van der Waals surface area (Å²) in [4.78, 5) is 0.144. The van der Waals surface area contributed by atoms with Crippen LogP contribution < -0.4 is 5.63 Å². The molecular formula is C24H24O6S2Zr. The molecule has 0 unspecified atom stereocenters. The van der Waals surface area contributed by atoms with Crippen LogP contribution in [-0.2, 0) is 40.8 Å². The second kappa shape index (κ2) is 9.20. The Kier molecular flexibility index (Phi) is 6.67. The Morgan fingerprint density at radius 2 is 0.939 bits per heavy atom. The van der Waals surface area contributed by atoms with E-state index in [1.807, 2.05) is 48.6 Å².